The molecule has 2 heterocycles. The van der Waals surface area contributed by atoms with Crippen molar-refractivity contribution >= 4 is 35.0 Å². The summed E-state index contributed by atoms with van der Waals surface area (Å²) in [5, 5.41) is 2.44. The number of amides is 1. The van der Waals surface area contributed by atoms with Crippen LogP contribution in [0.15, 0.2) is 23.7 Å². The highest BCUT2D eigenvalue weighted by atomic mass is 32.1. The lowest BCUT2D eigenvalue weighted by Crippen LogP contribution is -2.22. The first-order chi connectivity index (χ1) is 11.5. The number of hydrogen-bond acceptors (Lipinski definition) is 8. The van der Waals surface area contributed by atoms with Crippen molar-refractivity contribution in [3.05, 3.63) is 40.0 Å². The van der Waals surface area contributed by atoms with E-state index < -0.39 is 24.5 Å². The van der Waals surface area contributed by atoms with Gasteiger partial charge in [-0.15, -0.1) is 11.3 Å². The van der Waals surface area contributed by atoms with E-state index >= 15 is 0 Å². The molecule has 0 aromatic carbocycles. The minimum Gasteiger partial charge on any atom is -0.464 e. The van der Waals surface area contributed by atoms with Gasteiger partial charge < -0.3 is 14.8 Å². The second-order valence-electron chi connectivity index (χ2n) is 4.65. The van der Waals surface area contributed by atoms with Gasteiger partial charge in [-0.1, -0.05) is 6.07 Å². The van der Waals surface area contributed by atoms with Gasteiger partial charge in [0.15, 0.2) is 12.3 Å². The predicted molar refractivity (Wildman–Crippen MR) is 85.7 cm³/mol. The summed E-state index contributed by atoms with van der Waals surface area (Å²) in [4.78, 5) is 43.6. The summed E-state index contributed by atoms with van der Waals surface area (Å²) < 4.78 is 9.46. The Bertz CT molecular complexity index is 759. The van der Waals surface area contributed by atoms with E-state index in [9.17, 15) is 14.4 Å². The highest BCUT2D eigenvalue weighted by Gasteiger charge is 2.13. The van der Waals surface area contributed by atoms with Gasteiger partial charge in [0.2, 0.25) is 0 Å². The van der Waals surface area contributed by atoms with Crippen molar-refractivity contribution in [2.75, 3.05) is 19.0 Å². The first-order valence-electron chi connectivity index (χ1n) is 6.89. The molecular weight excluding hydrogens is 334 g/mol. The fourth-order valence-corrected chi connectivity index (χ4v) is 2.49. The average Bonchev–Trinajstić information content (AvgIpc) is 2.97. The fraction of sp³-hybridized carbons (Fsp3) is 0.267. The molecule has 2 aromatic rings. The molecule has 2 aromatic heterocycles. The molecule has 0 bridgehead atoms. The number of ether oxygens (including phenoxy) is 2. The van der Waals surface area contributed by atoms with Crippen LogP contribution in [0.4, 0.5) is 5.82 Å². The Hall–Kier alpha value is -2.81. The molecule has 126 valence electrons. The SMILES string of the molecule is COC(=O)c1cccc(NC(=O)COC(=O)Cc2scnc2C)n1. The molecule has 24 heavy (non-hydrogen) atoms. The lowest BCUT2D eigenvalue weighted by molar-refractivity contribution is -0.146. The smallest absolute Gasteiger partial charge is 0.356 e. The van der Waals surface area contributed by atoms with Crippen LogP contribution in [0.25, 0.3) is 0 Å². The van der Waals surface area contributed by atoms with Crippen LogP contribution in [0.2, 0.25) is 0 Å². The Morgan fingerprint density at radius 1 is 1.29 bits per heavy atom. The van der Waals surface area contributed by atoms with Crippen molar-refractivity contribution in [1.29, 1.82) is 0 Å². The molecule has 0 fully saturated rings. The van der Waals surface area contributed by atoms with Gasteiger partial charge in [-0.25, -0.2) is 14.8 Å². The van der Waals surface area contributed by atoms with Gasteiger partial charge in [-0.05, 0) is 19.1 Å². The quantitative estimate of drug-likeness (QED) is 0.784. The Balaban J connectivity index is 1.84. The van der Waals surface area contributed by atoms with Crippen LogP contribution in [0.5, 0.6) is 0 Å². The number of aryl methyl sites for hydroxylation is 1. The molecule has 1 N–H and O–H groups in total. The number of hydrogen-bond donors (Lipinski definition) is 1. The summed E-state index contributed by atoms with van der Waals surface area (Å²) in [7, 11) is 1.24. The number of rotatable bonds is 6. The summed E-state index contributed by atoms with van der Waals surface area (Å²) in [5.41, 5.74) is 2.48. The van der Waals surface area contributed by atoms with Crippen LogP contribution in [0, 0.1) is 6.92 Å². The molecule has 8 nitrogen and oxygen atoms in total. The maximum absolute atomic E-state index is 11.8. The normalized spacial score (nSPS) is 10.1. The first-order valence-corrected chi connectivity index (χ1v) is 7.77. The number of esters is 2. The molecular formula is C15H15N3O5S. The largest absolute Gasteiger partial charge is 0.464 e. The zero-order valence-corrected chi connectivity index (χ0v) is 13.9. The topological polar surface area (TPSA) is 107 Å². The second-order valence-corrected chi connectivity index (χ2v) is 5.59. The third-order valence-electron chi connectivity index (χ3n) is 2.93. The van der Waals surface area contributed by atoms with Crippen molar-refractivity contribution in [3.8, 4) is 0 Å². The van der Waals surface area contributed by atoms with E-state index in [1.165, 1.54) is 30.6 Å². The van der Waals surface area contributed by atoms with Crippen molar-refractivity contribution in [2.45, 2.75) is 13.3 Å². The maximum atomic E-state index is 11.8. The Kier molecular flexibility index (Phi) is 5.96. The van der Waals surface area contributed by atoms with E-state index in [4.69, 9.17) is 4.74 Å². The summed E-state index contributed by atoms with van der Waals surface area (Å²) in [6, 6.07) is 4.51. The van der Waals surface area contributed by atoms with Crippen LogP contribution in [0.3, 0.4) is 0 Å². The van der Waals surface area contributed by atoms with E-state index in [0.717, 1.165) is 10.6 Å². The predicted octanol–water partition coefficient (Wildman–Crippen LogP) is 1.36. The molecule has 0 atom stereocenters. The van der Waals surface area contributed by atoms with Crippen LogP contribution in [0.1, 0.15) is 21.1 Å². The molecule has 0 saturated carbocycles. The van der Waals surface area contributed by atoms with Crippen molar-refractivity contribution in [3.63, 3.8) is 0 Å². The molecule has 0 unspecified atom stereocenters. The van der Waals surface area contributed by atoms with E-state index in [0.29, 0.717) is 0 Å². The van der Waals surface area contributed by atoms with E-state index in [-0.39, 0.29) is 17.9 Å². The number of anilines is 1. The van der Waals surface area contributed by atoms with Crippen LogP contribution < -0.4 is 5.32 Å². The maximum Gasteiger partial charge on any atom is 0.356 e. The van der Waals surface area contributed by atoms with E-state index in [1.54, 1.807) is 18.5 Å². The van der Waals surface area contributed by atoms with Gasteiger partial charge >= 0.3 is 11.9 Å². The summed E-state index contributed by atoms with van der Waals surface area (Å²) >= 11 is 1.35. The number of nitrogens with one attached hydrogen (secondary N) is 1. The number of methoxy groups -OCH3 is 1. The Morgan fingerprint density at radius 2 is 2.08 bits per heavy atom. The van der Waals surface area contributed by atoms with Crippen molar-refractivity contribution in [1.82, 2.24) is 9.97 Å². The van der Waals surface area contributed by atoms with Crippen LogP contribution in [-0.2, 0) is 25.5 Å². The van der Waals surface area contributed by atoms with Crippen LogP contribution in [-0.4, -0.2) is 41.5 Å². The lowest BCUT2D eigenvalue weighted by atomic mass is 10.3. The molecule has 0 radical (unpaired) electrons. The van der Waals surface area contributed by atoms with Gasteiger partial charge in [0.1, 0.15) is 5.82 Å². The highest BCUT2D eigenvalue weighted by Crippen LogP contribution is 2.13. The summed E-state index contributed by atoms with van der Waals surface area (Å²) in [5.74, 6) is -1.53. The monoisotopic (exact) mass is 349 g/mol. The van der Waals surface area contributed by atoms with Crippen LogP contribution >= 0.6 is 11.3 Å². The number of carbonyl (C=O) groups is 3. The fourth-order valence-electron chi connectivity index (χ4n) is 1.73. The zero-order chi connectivity index (χ0) is 17.5. The highest BCUT2D eigenvalue weighted by molar-refractivity contribution is 7.09. The number of pyridine rings is 1. The van der Waals surface area contributed by atoms with Crippen molar-refractivity contribution < 1.29 is 23.9 Å². The zero-order valence-electron chi connectivity index (χ0n) is 13.1. The number of aromatic nitrogens is 2. The number of carbonyl (C=O) groups excluding carboxylic acids is 3. The first kappa shape index (κ1) is 17.5. The minimum absolute atomic E-state index is 0.0629. The van der Waals surface area contributed by atoms with Gasteiger partial charge in [-0.3, -0.25) is 9.59 Å². The third-order valence-corrected chi connectivity index (χ3v) is 3.86. The molecule has 0 aliphatic rings. The third kappa shape index (κ3) is 4.85. The van der Waals surface area contributed by atoms with Crippen molar-refractivity contribution in [2.24, 2.45) is 0 Å². The second kappa shape index (κ2) is 8.16. The molecule has 0 aliphatic heterocycles. The minimum atomic E-state index is -0.613. The van der Waals surface area contributed by atoms with Gasteiger partial charge in [0, 0.05) is 4.88 Å². The number of thiazole rings is 1. The van der Waals surface area contributed by atoms with E-state index in [2.05, 4.69) is 20.0 Å². The standard InChI is InChI=1S/C15H15N3O5S/c1-9-11(24-8-16-9)6-14(20)23-7-13(19)18-12-5-3-4-10(17-12)15(21)22-2/h3-5,8H,6-7H2,1-2H3,(H,17,18,19). The van der Waals surface area contributed by atoms with Gasteiger partial charge in [0.25, 0.3) is 5.91 Å². The molecule has 0 spiro atoms. The Morgan fingerprint density at radius 3 is 2.75 bits per heavy atom. The molecule has 9 heteroatoms. The number of nitrogens with zero attached hydrogens (tertiary/aromatic N) is 2. The lowest BCUT2D eigenvalue weighted by Gasteiger charge is -2.07. The summed E-state index contributed by atoms with van der Waals surface area (Å²) in [6.45, 7) is 1.35. The van der Waals surface area contributed by atoms with E-state index in [1.807, 2.05) is 0 Å². The molecule has 0 saturated heterocycles. The molecule has 1 amide bonds. The van der Waals surface area contributed by atoms with Gasteiger partial charge in [0.05, 0.1) is 24.7 Å². The van der Waals surface area contributed by atoms with Gasteiger partial charge in [-0.2, -0.15) is 0 Å². The molecule has 2 rings (SSSR count). The molecule has 0 aliphatic carbocycles. The average molecular weight is 349 g/mol. The summed E-state index contributed by atoms with van der Waals surface area (Å²) in [6.07, 6.45) is 0.0693. The Labute approximate surface area is 141 Å².